The van der Waals surface area contributed by atoms with E-state index < -0.39 is 54.9 Å². The molecule has 1 rings (SSSR count). The molecule has 0 saturated carbocycles. The lowest BCUT2D eigenvalue weighted by Gasteiger charge is -2.40. The van der Waals surface area contributed by atoms with Gasteiger partial charge in [0.1, 0.15) is 30.5 Å². The number of hydrogen-bond donors (Lipinski definition) is 7. The Morgan fingerprint density at radius 1 is 1.10 bits per heavy atom. The Kier molecular flexibility index (Phi) is 12.9. The molecule has 1 saturated heterocycles. The average molecular weight is 439 g/mol. The van der Waals surface area contributed by atoms with Crippen molar-refractivity contribution in [2.45, 2.75) is 88.5 Å². The van der Waals surface area contributed by atoms with Crippen LogP contribution >= 0.6 is 0 Å². The molecule has 1 aliphatic rings. The number of aliphatic hydroxyl groups is 5. The lowest BCUT2D eigenvalue weighted by Crippen LogP contribution is -2.60. The molecule has 0 aromatic heterocycles. The second-order valence-corrected chi connectivity index (χ2v) is 7.66. The monoisotopic (exact) mass is 438 g/mol. The molecular weight excluding hydrogens is 400 g/mol. The molecule has 0 spiro atoms. The van der Waals surface area contributed by atoms with Gasteiger partial charge in [0.2, 0.25) is 5.91 Å². The number of aliphatic hydroxyl groups excluding tert-OH is 5. The maximum Gasteiger partial charge on any atom is 0.217 e. The fourth-order valence-corrected chi connectivity index (χ4v) is 3.11. The van der Waals surface area contributed by atoms with E-state index in [2.05, 4.69) is 5.32 Å². The van der Waals surface area contributed by atoms with Crippen molar-refractivity contribution in [3.8, 4) is 0 Å². The summed E-state index contributed by atoms with van der Waals surface area (Å²) in [6.07, 6.45) is -5.39. The summed E-state index contributed by atoms with van der Waals surface area (Å²) in [5, 5.41) is 52.5. The van der Waals surface area contributed by atoms with Crippen LogP contribution in [0.3, 0.4) is 0 Å². The third-order valence-corrected chi connectivity index (χ3v) is 4.93. The molecule has 5 unspecified atom stereocenters. The minimum Gasteiger partial charge on any atom is -0.391 e. The van der Waals surface area contributed by atoms with E-state index in [0.29, 0.717) is 13.2 Å². The molecule has 0 aromatic rings. The molecule has 11 heteroatoms. The van der Waals surface area contributed by atoms with E-state index >= 15 is 0 Å². The van der Waals surface area contributed by atoms with Gasteiger partial charge in [-0.2, -0.15) is 0 Å². The molecule has 8 N–H and O–H groups in total. The topological polar surface area (TPSA) is 184 Å². The standard InChI is InChI=1S/C19H38N2O9/c1-11(22)15(24)13(21-12(2)23)9-29-19-18(27)17(26)16(25)14(30-19)10-28-8-6-4-3-5-7-20/h11,13-19,22,24-27H,3-10,20H2,1-2H3,(H,21,23)/t11-,13+,14?,15-,16?,17?,18?,19?/m1/s1. The molecule has 0 aliphatic carbocycles. The molecule has 1 amide bonds. The number of rotatable bonds is 14. The first-order valence-electron chi connectivity index (χ1n) is 10.4. The first-order chi connectivity index (χ1) is 14.2. The highest BCUT2D eigenvalue weighted by atomic mass is 16.7. The second-order valence-electron chi connectivity index (χ2n) is 7.66. The van der Waals surface area contributed by atoms with E-state index in [1.165, 1.54) is 13.8 Å². The van der Waals surface area contributed by atoms with Crippen LogP contribution in [0.15, 0.2) is 0 Å². The number of hydrogen-bond acceptors (Lipinski definition) is 10. The van der Waals surface area contributed by atoms with Crippen LogP contribution in [-0.2, 0) is 19.0 Å². The molecule has 1 aliphatic heterocycles. The normalized spacial score (nSPS) is 29.9. The predicted molar refractivity (Wildman–Crippen MR) is 106 cm³/mol. The largest absolute Gasteiger partial charge is 0.391 e. The quantitative estimate of drug-likeness (QED) is 0.144. The van der Waals surface area contributed by atoms with Gasteiger partial charge in [-0.25, -0.2) is 0 Å². The minimum atomic E-state index is -1.55. The van der Waals surface area contributed by atoms with Gasteiger partial charge < -0.3 is 50.8 Å². The molecule has 11 nitrogen and oxygen atoms in total. The Morgan fingerprint density at radius 3 is 2.37 bits per heavy atom. The maximum atomic E-state index is 11.3. The van der Waals surface area contributed by atoms with Gasteiger partial charge in [0.05, 0.1) is 25.4 Å². The highest BCUT2D eigenvalue weighted by molar-refractivity contribution is 5.73. The van der Waals surface area contributed by atoms with E-state index in [4.69, 9.17) is 19.9 Å². The van der Waals surface area contributed by atoms with E-state index in [1.807, 2.05) is 0 Å². The Morgan fingerprint density at radius 2 is 1.77 bits per heavy atom. The van der Waals surface area contributed by atoms with Crippen LogP contribution in [-0.4, -0.2) is 107 Å². The third-order valence-electron chi connectivity index (χ3n) is 4.93. The van der Waals surface area contributed by atoms with Crippen LogP contribution < -0.4 is 11.1 Å². The van der Waals surface area contributed by atoms with Crippen molar-refractivity contribution < 1.29 is 44.5 Å². The summed E-state index contributed by atoms with van der Waals surface area (Å²) in [6, 6.07) is -0.967. The summed E-state index contributed by atoms with van der Waals surface area (Å²) in [6.45, 7) is 3.40. The second kappa shape index (κ2) is 14.2. The molecule has 1 heterocycles. The van der Waals surface area contributed by atoms with Gasteiger partial charge in [-0.1, -0.05) is 12.8 Å². The molecule has 178 valence electrons. The summed E-state index contributed by atoms with van der Waals surface area (Å²) in [7, 11) is 0. The van der Waals surface area contributed by atoms with Crippen molar-refractivity contribution in [3.05, 3.63) is 0 Å². The third kappa shape index (κ3) is 9.08. The molecule has 0 radical (unpaired) electrons. The smallest absolute Gasteiger partial charge is 0.217 e. The molecular formula is C19H38N2O9. The number of unbranched alkanes of at least 4 members (excludes halogenated alkanes) is 3. The van der Waals surface area contributed by atoms with Crippen LogP contribution in [0.1, 0.15) is 39.5 Å². The summed E-state index contributed by atoms with van der Waals surface area (Å²) < 4.78 is 16.5. The average Bonchev–Trinajstić information content (AvgIpc) is 2.70. The Bertz CT molecular complexity index is 483. The Balaban J connectivity index is 2.56. The maximum absolute atomic E-state index is 11.3. The fourth-order valence-electron chi connectivity index (χ4n) is 3.11. The SMILES string of the molecule is CC(=O)N[C@@H](COC1OC(COCCCCCCN)C(O)C(O)C1O)[C@H](O)[C@@H](C)O. The molecule has 0 aromatic carbocycles. The van der Waals surface area contributed by atoms with Gasteiger partial charge in [-0.05, 0) is 26.3 Å². The zero-order valence-corrected chi connectivity index (χ0v) is 17.7. The zero-order chi connectivity index (χ0) is 22.7. The Hall–Kier alpha value is -0.890. The lowest BCUT2D eigenvalue weighted by atomic mass is 9.99. The van der Waals surface area contributed by atoms with Gasteiger partial charge in [0, 0.05) is 13.5 Å². The number of carbonyl (C=O) groups is 1. The molecule has 1 fully saturated rings. The lowest BCUT2D eigenvalue weighted by molar-refractivity contribution is -0.304. The highest BCUT2D eigenvalue weighted by Crippen LogP contribution is 2.23. The van der Waals surface area contributed by atoms with Crippen molar-refractivity contribution in [2.75, 3.05) is 26.4 Å². The number of ether oxygens (including phenoxy) is 3. The van der Waals surface area contributed by atoms with Crippen LogP contribution in [0.2, 0.25) is 0 Å². The summed E-state index contributed by atoms with van der Waals surface area (Å²) >= 11 is 0. The van der Waals surface area contributed by atoms with Crippen molar-refractivity contribution in [2.24, 2.45) is 5.73 Å². The number of nitrogens with two attached hydrogens (primary N) is 1. The molecule has 30 heavy (non-hydrogen) atoms. The van der Waals surface area contributed by atoms with E-state index in [-0.39, 0.29) is 13.2 Å². The fraction of sp³-hybridized carbons (Fsp3) is 0.947. The minimum absolute atomic E-state index is 0.00683. The highest BCUT2D eigenvalue weighted by Gasteiger charge is 2.44. The van der Waals surface area contributed by atoms with Gasteiger partial charge >= 0.3 is 0 Å². The summed E-state index contributed by atoms with van der Waals surface area (Å²) in [5.41, 5.74) is 5.44. The molecule has 0 bridgehead atoms. The molecule has 8 atom stereocenters. The van der Waals surface area contributed by atoms with E-state index in [1.54, 1.807) is 0 Å². The first-order valence-corrected chi connectivity index (χ1v) is 10.4. The van der Waals surface area contributed by atoms with Crippen LogP contribution in [0.25, 0.3) is 0 Å². The van der Waals surface area contributed by atoms with Gasteiger partial charge in [-0.3, -0.25) is 4.79 Å². The Labute approximate surface area is 177 Å². The van der Waals surface area contributed by atoms with Gasteiger partial charge in [0.15, 0.2) is 6.29 Å². The summed E-state index contributed by atoms with van der Waals surface area (Å²) in [5.74, 6) is -0.443. The first kappa shape index (κ1) is 27.1. The van der Waals surface area contributed by atoms with Gasteiger partial charge in [0.25, 0.3) is 0 Å². The van der Waals surface area contributed by atoms with Crippen molar-refractivity contribution in [1.29, 1.82) is 0 Å². The van der Waals surface area contributed by atoms with Crippen molar-refractivity contribution in [1.82, 2.24) is 5.32 Å². The predicted octanol–water partition coefficient (Wildman–Crippen LogP) is -2.41. The zero-order valence-electron chi connectivity index (χ0n) is 17.7. The van der Waals surface area contributed by atoms with Crippen molar-refractivity contribution in [3.63, 3.8) is 0 Å². The van der Waals surface area contributed by atoms with E-state index in [0.717, 1.165) is 25.7 Å². The van der Waals surface area contributed by atoms with Crippen molar-refractivity contribution >= 4 is 5.91 Å². The van der Waals surface area contributed by atoms with Crippen LogP contribution in [0, 0.1) is 0 Å². The van der Waals surface area contributed by atoms with Crippen LogP contribution in [0.5, 0.6) is 0 Å². The van der Waals surface area contributed by atoms with Crippen LogP contribution in [0.4, 0.5) is 0 Å². The van der Waals surface area contributed by atoms with Gasteiger partial charge in [-0.15, -0.1) is 0 Å². The number of amides is 1. The summed E-state index contributed by atoms with van der Waals surface area (Å²) in [4.78, 5) is 11.3. The number of nitrogens with one attached hydrogen (secondary N) is 1. The number of carbonyl (C=O) groups excluding carboxylic acids is 1. The van der Waals surface area contributed by atoms with E-state index in [9.17, 15) is 30.3 Å².